The number of hydrogen-bond donors (Lipinski definition) is 2. The van der Waals surface area contributed by atoms with Crippen molar-refractivity contribution >= 4 is 10.0 Å². The second-order valence-corrected chi connectivity index (χ2v) is 6.02. The van der Waals surface area contributed by atoms with Crippen LogP contribution in [0.4, 0.5) is 4.39 Å². The molecule has 0 bridgehead atoms. The molecule has 2 aromatic rings. The smallest absolute Gasteiger partial charge is 0.240 e. The Morgan fingerprint density at radius 2 is 1.60 bits per heavy atom. The lowest BCUT2D eigenvalue weighted by Gasteiger charge is -2.10. The Morgan fingerprint density at radius 3 is 2.20 bits per heavy atom. The van der Waals surface area contributed by atoms with Gasteiger partial charge in [0.1, 0.15) is 5.82 Å². The summed E-state index contributed by atoms with van der Waals surface area (Å²) >= 11 is 0. The van der Waals surface area contributed by atoms with Crippen molar-refractivity contribution in [3.8, 4) is 0 Å². The van der Waals surface area contributed by atoms with Crippen LogP contribution in [0.2, 0.25) is 0 Å². The molecule has 0 aliphatic heterocycles. The summed E-state index contributed by atoms with van der Waals surface area (Å²) in [5, 5.41) is 0. The molecule has 4 nitrogen and oxygen atoms in total. The summed E-state index contributed by atoms with van der Waals surface area (Å²) in [4.78, 5) is 0.0316. The van der Waals surface area contributed by atoms with E-state index in [0.29, 0.717) is 6.54 Å². The molecule has 0 radical (unpaired) electrons. The first kappa shape index (κ1) is 14.6. The Labute approximate surface area is 117 Å². The van der Waals surface area contributed by atoms with E-state index in [1.807, 2.05) is 24.3 Å². The van der Waals surface area contributed by atoms with Crippen LogP contribution >= 0.6 is 0 Å². The average molecular weight is 294 g/mol. The van der Waals surface area contributed by atoms with E-state index in [9.17, 15) is 12.8 Å². The van der Waals surface area contributed by atoms with Gasteiger partial charge in [0, 0.05) is 13.1 Å². The van der Waals surface area contributed by atoms with E-state index in [4.69, 9.17) is 5.73 Å². The maximum absolute atomic E-state index is 12.8. The van der Waals surface area contributed by atoms with Gasteiger partial charge in [0.2, 0.25) is 10.0 Å². The lowest BCUT2D eigenvalue weighted by molar-refractivity contribution is 0.580. The summed E-state index contributed by atoms with van der Waals surface area (Å²) in [6.45, 7) is 0.488. The molecule has 0 spiro atoms. The molecule has 2 aromatic carbocycles. The number of hydrogen-bond acceptors (Lipinski definition) is 3. The van der Waals surface area contributed by atoms with Crippen LogP contribution in [-0.2, 0) is 23.1 Å². The number of nitrogens with two attached hydrogens (primary N) is 1. The summed E-state index contributed by atoms with van der Waals surface area (Å²) in [5.74, 6) is -0.475. The van der Waals surface area contributed by atoms with Crippen molar-refractivity contribution in [2.24, 2.45) is 5.73 Å². The molecule has 6 heteroatoms. The molecular weight excluding hydrogens is 279 g/mol. The van der Waals surface area contributed by atoms with Crippen molar-refractivity contribution in [2.75, 3.05) is 0 Å². The molecule has 0 aromatic heterocycles. The fourth-order valence-corrected chi connectivity index (χ4v) is 2.81. The van der Waals surface area contributed by atoms with Gasteiger partial charge >= 0.3 is 0 Å². The van der Waals surface area contributed by atoms with E-state index in [0.717, 1.165) is 23.3 Å². The van der Waals surface area contributed by atoms with Gasteiger partial charge in [-0.1, -0.05) is 24.3 Å². The minimum absolute atomic E-state index is 0.0316. The minimum atomic E-state index is -3.66. The van der Waals surface area contributed by atoms with Crippen LogP contribution in [0.25, 0.3) is 0 Å². The van der Waals surface area contributed by atoms with Gasteiger partial charge < -0.3 is 5.73 Å². The quantitative estimate of drug-likeness (QED) is 0.882. The van der Waals surface area contributed by atoms with Gasteiger partial charge in [0.15, 0.2) is 0 Å². The van der Waals surface area contributed by atoms with E-state index in [-0.39, 0.29) is 11.4 Å². The van der Waals surface area contributed by atoms with Crippen molar-refractivity contribution in [3.63, 3.8) is 0 Å². The summed E-state index contributed by atoms with van der Waals surface area (Å²) in [5.41, 5.74) is 7.30. The topological polar surface area (TPSA) is 72.2 Å². The Bertz CT molecular complexity index is 685. The van der Waals surface area contributed by atoms with Crippen LogP contribution in [0, 0.1) is 5.82 Å². The SMILES string of the molecule is NCc1ccccc1CNS(=O)(=O)c1ccc(F)cc1. The monoisotopic (exact) mass is 294 g/mol. The second kappa shape index (κ2) is 6.13. The maximum Gasteiger partial charge on any atom is 0.240 e. The average Bonchev–Trinajstić information content (AvgIpc) is 2.46. The Hall–Kier alpha value is -1.76. The molecule has 0 atom stereocenters. The van der Waals surface area contributed by atoms with Crippen molar-refractivity contribution in [2.45, 2.75) is 18.0 Å². The third kappa shape index (κ3) is 3.41. The second-order valence-electron chi connectivity index (χ2n) is 4.25. The first-order chi connectivity index (χ1) is 9.53. The summed E-state index contributed by atoms with van der Waals surface area (Å²) in [6.07, 6.45) is 0. The van der Waals surface area contributed by atoms with Gasteiger partial charge in [0.25, 0.3) is 0 Å². The molecule has 20 heavy (non-hydrogen) atoms. The van der Waals surface area contributed by atoms with E-state index in [1.165, 1.54) is 12.1 Å². The van der Waals surface area contributed by atoms with Crippen LogP contribution in [-0.4, -0.2) is 8.42 Å². The van der Waals surface area contributed by atoms with E-state index >= 15 is 0 Å². The van der Waals surface area contributed by atoms with Gasteiger partial charge in [-0.3, -0.25) is 0 Å². The fourth-order valence-electron chi connectivity index (χ4n) is 1.80. The Balaban J connectivity index is 2.15. The van der Waals surface area contributed by atoms with Crippen LogP contribution in [0.15, 0.2) is 53.4 Å². The first-order valence-electron chi connectivity index (χ1n) is 6.05. The number of rotatable bonds is 5. The highest BCUT2D eigenvalue weighted by Crippen LogP contribution is 2.12. The maximum atomic E-state index is 12.8. The number of nitrogens with one attached hydrogen (secondary N) is 1. The zero-order valence-corrected chi connectivity index (χ0v) is 11.5. The zero-order chi connectivity index (χ0) is 14.6. The van der Waals surface area contributed by atoms with Crippen LogP contribution in [0.1, 0.15) is 11.1 Å². The molecule has 0 saturated heterocycles. The first-order valence-corrected chi connectivity index (χ1v) is 7.53. The largest absolute Gasteiger partial charge is 0.326 e. The van der Waals surface area contributed by atoms with Gasteiger partial charge in [0.05, 0.1) is 4.90 Å². The Kier molecular flexibility index (Phi) is 4.49. The highest BCUT2D eigenvalue weighted by atomic mass is 32.2. The molecule has 0 heterocycles. The zero-order valence-electron chi connectivity index (χ0n) is 10.7. The molecule has 0 unspecified atom stereocenters. The molecule has 0 fully saturated rings. The Morgan fingerprint density at radius 1 is 1.00 bits per heavy atom. The predicted molar refractivity (Wildman–Crippen MR) is 74.8 cm³/mol. The standard InChI is InChI=1S/C14H15FN2O2S/c15-13-5-7-14(8-6-13)20(18,19)17-10-12-4-2-1-3-11(12)9-16/h1-8,17H,9-10,16H2. The fraction of sp³-hybridized carbons (Fsp3) is 0.143. The van der Waals surface area contributed by atoms with Crippen LogP contribution in [0.5, 0.6) is 0 Å². The van der Waals surface area contributed by atoms with Crippen molar-refractivity contribution in [3.05, 3.63) is 65.5 Å². The molecule has 3 N–H and O–H groups in total. The molecule has 106 valence electrons. The van der Waals surface area contributed by atoms with E-state index in [1.54, 1.807) is 0 Å². The molecule has 0 amide bonds. The highest BCUT2D eigenvalue weighted by Gasteiger charge is 2.14. The van der Waals surface area contributed by atoms with Crippen molar-refractivity contribution in [1.82, 2.24) is 4.72 Å². The highest BCUT2D eigenvalue weighted by molar-refractivity contribution is 7.89. The predicted octanol–water partition coefficient (Wildman–Crippen LogP) is 1.76. The summed E-state index contributed by atoms with van der Waals surface area (Å²) in [7, 11) is -3.66. The number of halogens is 1. The molecule has 0 saturated carbocycles. The van der Waals surface area contributed by atoms with E-state index in [2.05, 4.69) is 4.72 Å². The van der Waals surface area contributed by atoms with Gasteiger partial charge in [-0.05, 0) is 35.4 Å². The normalized spacial score (nSPS) is 11.5. The number of benzene rings is 2. The number of sulfonamides is 1. The van der Waals surface area contributed by atoms with Gasteiger partial charge in [-0.25, -0.2) is 17.5 Å². The minimum Gasteiger partial charge on any atom is -0.326 e. The van der Waals surface area contributed by atoms with Crippen molar-refractivity contribution < 1.29 is 12.8 Å². The lowest BCUT2D eigenvalue weighted by atomic mass is 10.1. The van der Waals surface area contributed by atoms with Crippen LogP contribution < -0.4 is 10.5 Å². The van der Waals surface area contributed by atoms with Crippen LogP contribution in [0.3, 0.4) is 0 Å². The third-order valence-corrected chi connectivity index (χ3v) is 4.33. The van der Waals surface area contributed by atoms with E-state index < -0.39 is 15.8 Å². The summed E-state index contributed by atoms with van der Waals surface area (Å²) in [6, 6.07) is 12.0. The lowest BCUT2D eigenvalue weighted by Crippen LogP contribution is -2.24. The van der Waals surface area contributed by atoms with Crippen molar-refractivity contribution in [1.29, 1.82) is 0 Å². The van der Waals surface area contributed by atoms with Gasteiger partial charge in [-0.2, -0.15) is 0 Å². The third-order valence-electron chi connectivity index (χ3n) is 2.91. The molecule has 2 rings (SSSR count). The summed E-state index contributed by atoms with van der Waals surface area (Å²) < 4.78 is 39.4. The molecule has 0 aliphatic carbocycles. The van der Waals surface area contributed by atoms with Gasteiger partial charge in [-0.15, -0.1) is 0 Å². The molecular formula is C14H15FN2O2S. The molecule has 0 aliphatic rings.